The molecule has 0 aliphatic rings. The second kappa shape index (κ2) is 6.04. The lowest BCUT2D eigenvalue weighted by atomic mass is 10.1. The third kappa shape index (κ3) is 3.68. The van der Waals surface area contributed by atoms with Crippen molar-refractivity contribution >= 4 is 21.8 Å². The summed E-state index contributed by atoms with van der Waals surface area (Å²) in [5.41, 5.74) is 6.78. The van der Waals surface area contributed by atoms with Crippen LogP contribution in [0.1, 0.15) is 34.6 Å². The molecule has 0 fully saturated rings. The van der Waals surface area contributed by atoms with E-state index in [4.69, 9.17) is 10.2 Å². The fourth-order valence-electron chi connectivity index (χ4n) is 1.77. The van der Waals surface area contributed by atoms with E-state index < -0.39 is 5.91 Å². The van der Waals surface area contributed by atoms with E-state index in [0.29, 0.717) is 16.8 Å². The number of benzene rings is 1. The van der Waals surface area contributed by atoms with Crippen LogP contribution in [-0.4, -0.2) is 5.91 Å². The molecule has 0 saturated heterocycles. The summed E-state index contributed by atoms with van der Waals surface area (Å²) in [6, 6.07) is 11.1. The zero-order valence-electron chi connectivity index (χ0n) is 10.5. The van der Waals surface area contributed by atoms with Crippen molar-refractivity contribution in [1.82, 2.24) is 5.32 Å². The van der Waals surface area contributed by atoms with Gasteiger partial charge in [-0.15, -0.1) is 0 Å². The zero-order valence-corrected chi connectivity index (χ0v) is 12.1. The number of hydrogen-bond donors (Lipinski definition) is 2. The molecule has 0 aliphatic heterocycles. The Balaban J connectivity index is 1.98. The van der Waals surface area contributed by atoms with Crippen molar-refractivity contribution in [2.24, 2.45) is 5.73 Å². The van der Waals surface area contributed by atoms with Crippen molar-refractivity contribution in [3.05, 3.63) is 58.0 Å². The van der Waals surface area contributed by atoms with Gasteiger partial charge in [0.05, 0.1) is 6.04 Å². The number of rotatable bonds is 5. The highest BCUT2D eigenvalue weighted by Gasteiger charge is 2.09. The number of furan rings is 1. The van der Waals surface area contributed by atoms with Crippen LogP contribution < -0.4 is 11.1 Å². The molecule has 1 aromatic heterocycles. The minimum atomic E-state index is -0.412. The third-order valence-electron chi connectivity index (χ3n) is 2.84. The fourth-order valence-corrected chi connectivity index (χ4v) is 2.09. The normalized spacial score (nSPS) is 12.3. The molecule has 0 spiro atoms. The maximum absolute atomic E-state index is 11.1. The number of hydrogen-bond acceptors (Lipinski definition) is 3. The highest BCUT2D eigenvalue weighted by molar-refractivity contribution is 9.10. The van der Waals surface area contributed by atoms with Crippen LogP contribution in [0.4, 0.5) is 0 Å². The van der Waals surface area contributed by atoms with Crippen molar-refractivity contribution in [1.29, 1.82) is 0 Å². The molecule has 4 nitrogen and oxygen atoms in total. The molecule has 0 aliphatic carbocycles. The minimum absolute atomic E-state index is 0.0866. The number of primary amides is 1. The first-order chi connectivity index (χ1) is 9.06. The number of carbonyl (C=O) groups excluding carboxylic acids is 1. The highest BCUT2D eigenvalue weighted by atomic mass is 79.9. The van der Waals surface area contributed by atoms with Crippen LogP contribution in [0.15, 0.2) is 45.5 Å². The van der Waals surface area contributed by atoms with Crippen molar-refractivity contribution in [3.8, 4) is 0 Å². The molecule has 2 rings (SSSR count). The van der Waals surface area contributed by atoms with Crippen LogP contribution in [-0.2, 0) is 6.54 Å². The van der Waals surface area contributed by atoms with Gasteiger partial charge in [0, 0.05) is 12.1 Å². The Morgan fingerprint density at radius 2 is 2.21 bits per heavy atom. The number of amides is 1. The van der Waals surface area contributed by atoms with Crippen LogP contribution in [0.25, 0.3) is 0 Å². The molecule has 100 valence electrons. The van der Waals surface area contributed by atoms with Gasteiger partial charge in [-0.3, -0.25) is 4.79 Å². The third-order valence-corrected chi connectivity index (χ3v) is 3.27. The molecule has 2 aromatic rings. The van der Waals surface area contributed by atoms with Gasteiger partial charge in [0.25, 0.3) is 0 Å². The van der Waals surface area contributed by atoms with Crippen molar-refractivity contribution < 1.29 is 9.21 Å². The van der Waals surface area contributed by atoms with Crippen molar-refractivity contribution in [3.63, 3.8) is 0 Å². The molecule has 1 unspecified atom stereocenters. The predicted octanol–water partition coefficient (Wildman–Crippen LogP) is 2.99. The fraction of sp³-hybridized carbons (Fsp3) is 0.214. The standard InChI is InChI=1S/C14H15BrN2O2/c1-9(12-5-6-13(15)19-12)17-8-10-3-2-4-11(7-10)14(16)18/h2-7,9,17H,8H2,1H3,(H2,16,18). The van der Waals surface area contributed by atoms with Crippen LogP contribution in [0.3, 0.4) is 0 Å². The van der Waals surface area contributed by atoms with Gasteiger partial charge in [-0.25, -0.2) is 0 Å². The lowest BCUT2D eigenvalue weighted by Crippen LogP contribution is -2.18. The van der Waals surface area contributed by atoms with Crippen molar-refractivity contribution in [2.75, 3.05) is 0 Å². The zero-order chi connectivity index (χ0) is 13.8. The van der Waals surface area contributed by atoms with Crippen LogP contribution in [0.5, 0.6) is 0 Å². The molecule has 1 aromatic carbocycles. The first-order valence-corrected chi connectivity index (χ1v) is 6.73. The quantitative estimate of drug-likeness (QED) is 0.889. The maximum atomic E-state index is 11.1. The van der Waals surface area contributed by atoms with E-state index in [9.17, 15) is 4.79 Å². The summed E-state index contributed by atoms with van der Waals surface area (Å²) in [5, 5.41) is 3.33. The molecule has 0 bridgehead atoms. The Morgan fingerprint density at radius 3 is 2.84 bits per heavy atom. The molecule has 19 heavy (non-hydrogen) atoms. The molecule has 1 atom stereocenters. The number of carbonyl (C=O) groups is 1. The van der Waals surface area contributed by atoms with E-state index >= 15 is 0 Å². The smallest absolute Gasteiger partial charge is 0.248 e. The lowest BCUT2D eigenvalue weighted by molar-refractivity contribution is 0.1000. The van der Waals surface area contributed by atoms with Gasteiger partial charge < -0.3 is 15.5 Å². The Hall–Kier alpha value is -1.59. The van der Waals surface area contributed by atoms with E-state index in [1.54, 1.807) is 12.1 Å². The Bertz CT molecular complexity index is 580. The van der Waals surface area contributed by atoms with E-state index in [1.165, 1.54) is 0 Å². The molecule has 1 amide bonds. The van der Waals surface area contributed by atoms with Gasteiger partial charge >= 0.3 is 0 Å². The van der Waals surface area contributed by atoms with Crippen molar-refractivity contribution in [2.45, 2.75) is 19.5 Å². The maximum Gasteiger partial charge on any atom is 0.248 e. The summed E-state index contributed by atoms with van der Waals surface area (Å²) in [7, 11) is 0. The first kappa shape index (κ1) is 13.8. The SMILES string of the molecule is CC(NCc1cccc(C(N)=O)c1)c1ccc(Br)o1. The van der Waals surface area contributed by atoms with Gasteiger partial charge in [0.2, 0.25) is 5.91 Å². The molecule has 0 radical (unpaired) electrons. The van der Waals surface area contributed by atoms with Gasteiger partial charge in [-0.05, 0) is 52.7 Å². The summed E-state index contributed by atoms with van der Waals surface area (Å²) >= 11 is 3.28. The predicted molar refractivity (Wildman–Crippen MR) is 76.6 cm³/mol. The Kier molecular flexibility index (Phi) is 4.39. The summed E-state index contributed by atoms with van der Waals surface area (Å²) in [6.45, 7) is 2.66. The summed E-state index contributed by atoms with van der Waals surface area (Å²) in [4.78, 5) is 11.1. The average Bonchev–Trinajstić information content (AvgIpc) is 2.83. The summed E-state index contributed by atoms with van der Waals surface area (Å²) < 4.78 is 6.19. The second-order valence-corrected chi connectivity index (χ2v) is 5.09. The molecule has 3 N–H and O–H groups in total. The minimum Gasteiger partial charge on any atom is -0.453 e. The Labute approximate surface area is 120 Å². The molecule has 0 saturated carbocycles. The molecule has 1 heterocycles. The van der Waals surface area contributed by atoms with Gasteiger partial charge in [-0.2, -0.15) is 0 Å². The lowest BCUT2D eigenvalue weighted by Gasteiger charge is -2.11. The van der Waals surface area contributed by atoms with Crippen LogP contribution in [0.2, 0.25) is 0 Å². The van der Waals surface area contributed by atoms with Gasteiger partial charge in [0.15, 0.2) is 4.67 Å². The summed E-state index contributed by atoms with van der Waals surface area (Å²) in [5.74, 6) is 0.447. The largest absolute Gasteiger partial charge is 0.453 e. The second-order valence-electron chi connectivity index (χ2n) is 4.31. The van der Waals surface area contributed by atoms with Gasteiger partial charge in [0.1, 0.15) is 5.76 Å². The van der Waals surface area contributed by atoms with E-state index in [0.717, 1.165) is 11.3 Å². The Morgan fingerprint density at radius 1 is 1.42 bits per heavy atom. The molecular formula is C14H15BrN2O2. The molecular weight excluding hydrogens is 308 g/mol. The van der Waals surface area contributed by atoms with E-state index in [1.807, 2.05) is 31.2 Å². The van der Waals surface area contributed by atoms with E-state index in [2.05, 4.69) is 21.2 Å². The topological polar surface area (TPSA) is 68.3 Å². The monoisotopic (exact) mass is 322 g/mol. The van der Waals surface area contributed by atoms with Crippen LogP contribution >= 0.6 is 15.9 Å². The summed E-state index contributed by atoms with van der Waals surface area (Å²) in [6.07, 6.45) is 0. The van der Waals surface area contributed by atoms with Crippen LogP contribution in [0, 0.1) is 0 Å². The number of nitrogens with two attached hydrogens (primary N) is 1. The number of halogens is 1. The van der Waals surface area contributed by atoms with E-state index in [-0.39, 0.29) is 6.04 Å². The highest BCUT2D eigenvalue weighted by Crippen LogP contribution is 2.20. The van der Waals surface area contributed by atoms with Gasteiger partial charge in [-0.1, -0.05) is 12.1 Å². The first-order valence-electron chi connectivity index (χ1n) is 5.93. The molecule has 5 heteroatoms. The average molecular weight is 323 g/mol. The number of nitrogens with one attached hydrogen (secondary N) is 1.